The smallest absolute Gasteiger partial charge is 0.248 e. The number of rotatable bonds is 5. The molecule has 0 aliphatic rings. The standard InChI is InChI=1S/C8H14N4O2S/c1-3-5-12(4-2)15(13,14)7-6-10-11-8(7)9/h3,6H,1,4-5H2,2H3,(H3,9,10,11). The number of aromatic amines is 1. The average Bonchev–Trinajstić information content (AvgIpc) is 2.61. The van der Waals surface area contributed by atoms with E-state index in [1.807, 2.05) is 0 Å². The molecular formula is C8H14N4O2S. The van der Waals surface area contributed by atoms with Crippen molar-refractivity contribution in [3.8, 4) is 0 Å². The van der Waals surface area contributed by atoms with Crippen LogP contribution in [0.1, 0.15) is 6.92 Å². The Morgan fingerprint density at radius 1 is 1.73 bits per heavy atom. The topological polar surface area (TPSA) is 92.1 Å². The molecule has 15 heavy (non-hydrogen) atoms. The molecule has 0 radical (unpaired) electrons. The van der Waals surface area contributed by atoms with Crippen molar-refractivity contribution in [3.63, 3.8) is 0 Å². The quantitative estimate of drug-likeness (QED) is 0.706. The van der Waals surface area contributed by atoms with Gasteiger partial charge in [-0.05, 0) is 0 Å². The molecule has 0 spiro atoms. The monoisotopic (exact) mass is 230 g/mol. The first-order valence-electron chi connectivity index (χ1n) is 4.44. The Balaban J connectivity index is 3.11. The number of anilines is 1. The molecule has 0 amide bonds. The largest absolute Gasteiger partial charge is 0.383 e. The third-order valence-electron chi connectivity index (χ3n) is 1.94. The Bertz CT molecular complexity index is 437. The zero-order chi connectivity index (χ0) is 11.5. The minimum Gasteiger partial charge on any atom is -0.383 e. The summed E-state index contributed by atoms with van der Waals surface area (Å²) in [7, 11) is -3.56. The molecule has 0 fully saturated rings. The molecule has 7 heteroatoms. The number of hydrogen-bond donors (Lipinski definition) is 2. The van der Waals surface area contributed by atoms with Crippen LogP contribution in [0.25, 0.3) is 0 Å². The van der Waals surface area contributed by atoms with Crippen LogP contribution in [0.5, 0.6) is 0 Å². The van der Waals surface area contributed by atoms with E-state index in [1.54, 1.807) is 6.92 Å². The van der Waals surface area contributed by atoms with Crippen molar-refractivity contribution in [2.75, 3.05) is 18.8 Å². The molecule has 84 valence electrons. The van der Waals surface area contributed by atoms with Crippen molar-refractivity contribution >= 4 is 15.8 Å². The van der Waals surface area contributed by atoms with Gasteiger partial charge in [-0.15, -0.1) is 6.58 Å². The molecule has 0 aliphatic heterocycles. The van der Waals surface area contributed by atoms with Gasteiger partial charge in [0.1, 0.15) is 10.7 Å². The van der Waals surface area contributed by atoms with Gasteiger partial charge in [0.15, 0.2) is 0 Å². The van der Waals surface area contributed by atoms with E-state index in [4.69, 9.17) is 5.73 Å². The third-order valence-corrected chi connectivity index (χ3v) is 3.90. The molecule has 0 aliphatic carbocycles. The van der Waals surface area contributed by atoms with Gasteiger partial charge in [-0.3, -0.25) is 5.10 Å². The highest BCUT2D eigenvalue weighted by molar-refractivity contribution is 7.89. The molecule has 0 atom stereocenters. The van der Waals surface area contributed by atoms with Crippen molar-refractivity contribution in [1.82, 2.24) is 14.5 Å². The van der Waals surface area contributed by atoms with Crippen LogP contribution in [0.2, 0.25) is 0 Å². The summed E-state index contributed by atoms with van der Waals surface area (Å²) in [5.74, 6) is 0.0533. The third kappa shape index (κ3) is 2.18. The lowest BCUT2D eigenvalue weighted by Crippen LogP contribution is -2.31. The molecule has 1 rings (SSSR count). The van der Waals surface area contributed by atoms with Gasteiger partial charge in [-0.2, -0.15) is 9.40 Å². The SMILES string of the molecule is C=CCN(CC)S(=O)(=O)c1cn[nH]c1N. The molecule has 1 heterocycles. The van der Waals surface area contributed by atoms with Gasteiger partial charge in [0.05, 0.1) is 6.20 Å². The maximum absolute atomic E-state index is 12.0. The number of nitrogen functional groups attached to an aromatic ring is 1. The van der Waals surface area contributed by atoms with E-state index in [1.165, 1.54) is 16.6 Å². The van der Waals surface area contributed by atoms with Crippen molar-refractivity contribution in [2.24, 2.45) is 0 Å². The summed E-state index contributed by atoms with van der Waals surface area (Å²) < 4.78 is 25.2. The Labute approximate surface area is 88.8 Å². The minimum absolute atomic E-state index is 0.00574. The predicted molar refractivity (Wildman–Crippen MR) is 57.6 cm³/mol. The molecule has 3 N–H and O–H groups in total. The van der Waals surface area contributed by atoms with E-state index in [9.17, 15) is 8.42 Å². The number of likely N-dealkylation sites (N-methyl/N-ethyl adjacent to an activating group) is 1. The van der Waals surface area contributed by atoms with Gasteiger partial charge in [-0.1, -0.05) is 13.0 Å². The summed E-state index contributed by atoms with van der Waals surface area (Å²) in [4.78, 5) is 0.00574. The fraction of sp³-hybridized carbons (Fsp3) is 0.375. The van der Waals surface area contributed by atoms with Crippen LogP contribution in [0.3, 0.4) is 0 Å². The number of nitrogens with one attached hydrogen (secondary N) is 1. The Kier molecular flexibility index (Phi) is 3.48. The highest BCUT2D eigenvalue weighted by Crippen LogP contribution is 2.19. The molecule has 6 nitrogen and oxygen atoms in total. The molecule has 0 aromatic carbocycles. The van der Waals surface area contributed by atoms with Crippen LogP contribution >= 0.6 is 0 Å². The second-order valence-electron chi connectivity index (χ2n) is 2.89. The molecule has 0 unspecified atom stereocenters. The number of H-pyrrole nitrogens is 1. The normalized spacial score (nSPS) is 11.9. The summed E-state index contributed by atoms with van der Waals surface area (Å²) in [6.07, 6.45) is 2.73. The molecule has 1 aromatic heterocycles. The van der Waals surface area contributed by atoms with Gasteiger partial charge in [0.25, 0.3) is 0 Å². The lowest BCUT2D eigenvalue weighted by Gasteiger charge is -2.17. The van der Waals surface area contributed by atoms with E-state index >= 15 is 0 Å². The first-order chi connectivity index (χ1) is 7.04. The highest BCUT2D eigenvalue weighted by Gasteiger charge is 2.25. The Morgan fingerprint density at radius 2 is 2.40 bits per heavy atom. The molecule has 0 saturated carbocycles. The van der Waals surface area contributed by atoms with E-state index < -0.39 is 10.0 Å². The molecular weight excluding hydrogens is 216 g/mol. The fourth-order valence-corrected chi connectivity index (χ4v) is 2.60. The second kappa shape index (κ2) is 4.45. The van der Waals surface area contributed by atoms with Crippen LogP contribution in [-0.2, 0) is 10.0 Å². The first-order valence-corrected chi connectivity index (χ1v) is 5.88. The Morgan fingerprint density at radius 3 is 2.80 bits per heavy atom. The van der Waals surface area contributed by atoms with Gasteiger partial charge in [0.2, 0.25) is 10.0 Å². The van der Waals surface area contributed by atoms with E-state index in [0.717, 1.165) is 0 Å². The number of aromatic nitrogens is 2. The molecule has 1 aromatic rings. The lowest BCUT2D eigenvalue weighted by atomic mass is 10.6. The number of nitrogens with two attached hydrogens (primary N) is 1. The van der Waals surface area contributed by atoms with Crippen molar-refractivity contribution in [1.29, 1.82) is 0 Å². The second-order valence-corrected chi connectivity index (χ2v) is 4.80. The summed E-state index contributed by atoms with van der Waals surface area (Å²) in [6, 6.07) is 0. The minimum atomic E-state index is -3.56. The summed E-state index contributed by atoms with van der Waals surface area (Å²) in [6.45, 7) is 5.87. The highest BCUT2D eigenvalue weighted by atomic mass is 32.2. The van der Waals surface area contributed by atoms with Crippen molar-refractivity contribution in [3.05, 3.63) is 18.9 Å². The van der Waals surface area contributed by atoms with Gasteiger partial charge in [-0.25, -0.2) is 8.42 Å². The maximum Gasteiger partial charge on any atom is 0.248 e. The van der Waals surface area contributed by atoms with Crippen LogP contribution in [0.4, 0.5) is 5.82 Å². The summed E-state index contributed by atoms with van der Waals surface area (Å²) >= 11 is 0. The lowest BCUT2D eigenvalue weighted by molar-refractivity contribution is 0.460. The fourth-order valence-electron chi connectivity index (χ4n) is 1.17. The first kappa shape index (κ1) is 11.7. The van der Waals surface area contributed by atoms with Gasteiger partial charge < -0.3 is 5.73 Å². The summed E-state index contributed by atoms with van der Waals surface area (Å²) in [5, 5.41) is 5.98. The zero-order valence-corrected chi connectivity index (χ0v) is 9.29. The van der Waals surface area contributed by atoms with Crippen LogP contribution in [-0.4, -0.2) is 36.0 Å². The van der Waals surface area contributed by atoms with Gasteiger partial charge in [0, 0.05) is 13.1 Å². The van der Waals surface area contributed by atoms with E-state index in [0.29, 0.717) is 6.54 Å². The van der Waals surface area contributed by atoms with Crippen molar-refractivity contribution < 1.29 is 8.42 Å². The molecule has 0 saturated heterocycles. The van der Waals surface area contributed by atoms with Crippen LogP contribution in [0, 0.1) is 0 Å². The van der Waals surface area contributed by atoms with Crippen LogP contribution in [0.15, 0.2) is 23.7 Å². The Hall–Kier alpha value is -1.34. The number of nitrogens with zero attached hydrogens (tertiary/aromatic N) is 2. The number of hydrogen-bond acceptors (Lipinski definition) is 4. The van der Waals surface area contributed by atoms with Crippen LogP contribution < -0.4 is 5.73 Å². The van der Waals surface area contributed by atoms with E-state index in [-0.39, 0.29) is 17.3 Å². The number of sulfonamides is 1. The predicted octanol–water partition coefficient (Wildman–Crippen LogP) is 0.189. The van der Waals surface area contributed by atoms with E-state index in [2.05, 4.69) is 16.8 Å². The van der Waals surface area contributed by atoms with Gasteiger partial charge >= 0.3 is 0 Å². The maximum atomic E-state index is 12.0. The van der Waals surface area contributed by atoms with Crippen molar-refractivity contribution in [2.45, 2.75) is 11.8 Å². The zero-order valence-electron chi connectivity index (χ0n) is 8.47. The average molecular weight is 230 g/mol. The summed E-state index contributed by atoms with van der Waals surface area (Å²) in [5.41, 5.74) is 5.47. The molecule has 0 bridgehead atoms.